The van der Waals surface area contributed by atoms with Crippen LogP contribution in [0.25, 0.3) is 0 Å². The molecule has 0 saturated carbocycles. The highest BCUT2D eigenvalue weighted by atomic mass is 32.1. The standard InChI is InChI=1S/C14H17N3OS/c1-3-15-13-9-11(6-7-16-13)14(18)17(2)10-12-5-4-8-19-12/h4-9H,3,10H2,1-2H3,(H,15,16). The molecule has 0 aromatic carbocycles. The Morgan fingerprint density at radius 2 is 2.32 bits per heavy atom. The van der Waals surface area contributed by atoms with Gasteiger partial charge in [0.05, 0.1) is 6.54 Å². The SMILES string of the molecule is CCNc1cc(C(=O)N(C)Cc2cccs2)ccn1. The minimum atomic E-state index is 0.00922. The summed E-state index contributed by atoms with van der Waals surface area (Å²) >= 11 is 1.66. The van der Waals surface area contributed by atoms with Gasteiger partial charge in [0.2, 0.25) is 0 Å². The van der Waals surface area contributed by atoms with Gasteiger partial charge in [-0.25, -0.2) is 4.98 Å². The Bertz CT molecular complexity index is 539. The predicted octanol–water partition coefficient (Wildman–Crippen LogP) is 2.85. The molecule has 1 amide bonds. The first kappa shape index (κ1) is 13.5. The largest absolute Gasteiger partial charge is 0.370 e. The molecule has 1 N–H and O–H groups in total. The number of nitrogens with one attached hydrogen (secondary N) is 1. The number of carbonyl (C=O) groups excluding carboxylic acids is 1. The van der Waals surface area contributed by atoms with E-state index in [0.717, 1.165) is 12.4 Å². The first-order valence-electron chi connectivity index (χ1n) is 6.18. The summed E-state index contributed by atoms with van der Waals surface area (Å²) in [6, 6.07) is 7.56. The lowest BCUT2D eigenvalue weighted by Gasteiger charge is -2.16. The Hall–Kier alpha value is -1.88. The number of thiophene rings is 1. The molecule has 0 radical (unpaired) electrons. The molecule has 2 aromatic rings. The fraction of sp³-hybridized carbons (Fsp3) is 0.286. The van der Waals surface area contributed by atoms with Gasteiger partial charge in [-0.1, -0.05) is 6.07 Å². The highest BCUT2D eigenvalue weighted by Crippen LogP contribution is 2.14. The van der Waals surface area contributed by atoms with Gasteiger partial charge < -0.3 is 10.2 Å². The van der Waals surface area contributed by atoms with Crippen molar-refractivity contribution in [2.75, 3.05) is 18.9 Å². The van der Waals surface area contributed by atoms with E-state index in [2.05, 4.69) is 10.3 Å². The topological polar surface area (TPSA) is 45.2 Å². The van der Waals surface area contributed by atoms with E-state index in [1.807, 2.05) is 31.5 Å². The third kappa shape index (κ3) is 3.54. The minimum Gasteiger partial charge on any atom is -0.370 e. The van der Waals surface area contributed by atoms with Crippen molar-refractivity contribution < 1.29 is 4.79 Å². The Balaban J connectivity index is 2.08. The van der Waals surface area contributed by atoms with Gasteiger partial charge in [0.1, 0.15) is 5.82 Å². The number of pyridine rings is 1. The highest BCUT2D eigenvalue weighted by Gasteiger charge is 2.13. The summed E-state index contributed by atoms with van der Waals surface area (Å²) in [6.07, 6.45) is 1.66. The molecule has 0 spiro atoms. The van der Waals surface area contributed by atoms with Crippen LogP contribution in [0.5, 0.6) is 0 Å². The Morgan fingerprint density at radius 3 is 3.00 bits per heavy atom. The van der Waals surface area contributed by atoms with E-state index < -0.39 is 0 Å². The zero-order chi connectivity index (χ0) is 13.7. The molecule has 0 aliphatic heterocycles. The first-order chi connectivity index (χ1) is 9.20. The quantitative estimate of drug-likeness (QED) is 0.912. The van der Waals surface area contributed by atoms with Gasteiger partial charge in [-0.3, -0.25) is 4.79 Å². The fourth-order valence-electron chi connectivity index (χ4n) is 1.77. The second-order valence-corrected chi connectivity index (χ2v) is 5.23. The molecular weight excluding hydrogens is 258 g/mol. The molecule has 4 nitrogen and oxygen atoms in total. The van der Waals surface area contributed by atoms with Gasteiger partial charge in [0.15, 0.2) is 0 Å². The molecular formula is C14H17N3OS. The molecule has 0 atom stereocenters. The molecule has 0 fully saturated rings. The fourth-order valence-corrected chi connectivity index (χ4v) is 2.53. The normalized spacial score (nSPS) is 10.2. The maximum absolute atomic E-state index is 12.3. The molecule has 0 unspecified atom stereocenters. The van der Waals surface area contributed by atoms with Crippen LogP contribution in [0, 0.1) is 0 Å². The molecule has 0 bridgehead atoms. The number of aromatic nitrogens is 1. The third-order valence-corrected chi connectivity index (χ3v) is 3.55. The summed E-state index contributed by atoms with van der Waals surface area (Å²) in [6.45, 7) is 3.42. The number of amides is 1. The molecule has 2 aromatic heterocycles. The average Bonchev–Trinajstić information content (AvgIpc) is 2.91. The number of carbonyl (C=O) groups is 1. The lowest BCUT2D eigenvalue weighted by molar-refractivity contribution is 0.0786. The lowest BCUT2D eigenvalue weighted by atomic mass is 10.2. The van der Waals surface area contributed by atoms with Gasteiger partial charge in [0, 0.05) is 30.2 Å². The number of nitrogens with zero attached hydrogens (tertiary/aromatic N) is 2. The lowest BCUT2D eigenvalue weighted by Crippen LogP contribution is -2.25. The van der Waals surface area contributed by atoms with E-state index >= 15 is 0 Å². The third-order valence-electron chi connectivity index (χ3n) is 2.68. The molecule has 5 heteroatoms. The van der Waals surface area contributed by atoms with Crippen molar-refractivity contribution in [3.63, 3.8) is 0 Å². The van der Waals surface area contributed by atoms with Crippen molar-refractivity contribution >= 4 is 23.1 Å². The summed E-state index contributed by atoms with van der Waals surface area (Å²) in [5.74, 6) is 0.743. The van der Waals surface area contributed by atoms with Crippen molar-refractivity contribution in [3.05, 3.63) is 46.3 Å². The van der Waals surface area contributed by atoms with Crippen LogP contribution in [0.1, 0.15) is 22.2 Å². The first-order valence-corrected chi connectivity index (χ1v) is 7.06. The van der Waals surface area contributed by atoms with Crippen molar-refractivity contribution in [2.45, 2.75) is 13.5 Å². The predicted molar refractivity (Wildman–Crippen MR) is 78.5 cm³/mol. The molecule has 2 rings (SSSR count). The summed E-state index contributed by atoms with van der Waals surface area (Å²) in [7, 11) is 1.81. The van der Waals surface area contributed by atoms with Gasteiger partial charge in [-0.05, 0) is 30.5 Å². The van der Waals surface area contributed by atoms with Crippen molar-refractivity contribution in [1.29, 1.82) is 0 Å². The van der Waals surface area contributed by atoms with Gasteiger partial charge in [-0.15, -0.1) is 11.3 Å². The van der Waals surface area contributed by atoms with Crippen LogP contribution >= 0.6 is 11.3 Å². The summed E-state index contributed by atoms with van der Waals surface area (Å²) in [5, 5.41) is 5.12. The Morgan fingerprint density at radius 1 is 1.47 bits per heavy atom. The molecule has 19 heavy (non-hydrogen) atoms. The molecule has 0 aliphatic carbocycles. The van der Waals surface area contributed by atoms with Crippen LogP contribution in [0.2, 0.25) is 0 Å². The van der Waals surface area contributed by atoms with Crippen LogP contribution in [0.3, 0.4) is 0 Å². The zero-order valence-corrected chi connectivity index (χ0v) is 11.9. The second kappa shape index (κ2) is 6.33. The number of anilines is 1. The number of hydrogen-bond acceptors (Lipinski definition) is 4. The molecule has 2 heterocycles. The maximum Gasteiger partial charge on any atom is 0.254 e. The number of rotatable bonds is 5. The Labute approximate surface area is 117 Å². The van der Waals surface area contributed by atoms with Crippen LogP contribution < -0.4 is 5.32 Å². The van der Waals surface area contributed by atoms with Gasteiger partial charge in [0.25, 0.3) is 5.91 Å². The van der Waals surface area contributed by atoms with E-state index in [4.69, 9.17) is 0 Å². The minimum absolute atomic E-state index is 0.00922. The van der Waals surface area contributed by atoms with Crippen molar-refractivity contribution in [2.24, 2.45) is 0 Å². The second-order valence-electron chi connectivity index (χ2n) is 4.20. The highest BCUT2D eigenvalue weighted by molar-refractivity contribution is 7.09. The van der Waals surface area contributed by atoms with Crippen LogP contribution in [0.4, 0.5) is 5.82 Å². The van der Waals surface area contributed by atoms with E-state index in [1.54, 1.807) is 34.6 Å². The summed E-state index contributed by atoms with van der Waals surface area (Å²) in [4.78, 5) is 19.4. The molecule has 0 aliphatic rings. The van der Waals surface area contributed by atoms with Crippen LogP contribution in [-0.2, 0) is 6.54 Å². The number of hydrogen-bond donors (Lipinski definition) is 1. The van der Waals surface area contributed by atoms with Crippen molar-refractivity contribution in [3.8, 4) is 0 Å². The smallest absolute Gasteiger partial charge is 0.254 e. The van der Waals surface area contributed by atoms with E-state index in [9.17, 15) is 4.79 Å². The summed E-state index contributed by atoms with van der Waals surface area (Å²) in [5.41, 5.74) is 0.657. The van der Waals surface area contributed by atoms with Crippen LogP contribution in [-0.4, -0.2) is 29.4 Å². The summed E-state index contributed by atoms with van der Waals surface area (Å²) < 4.78 is 0. The van der Waals surface area contributed by atoms with Crippen LogP contribution in [0.15, 0.2) is 35.8 Å². The van der Waals surface area contributed by atoms with Gasteiger partial charge in [-0.2, -0.15) is 0 Å². The Kier molecular flexibility index (Phi) is 4.52. The van der Waals surface area contributed by atoms with Crippen molar-refractivity contribution in [1.82, 2.24) is 9.88 Å². The monoisotopic (exact) mass is 275 g/mol. The zero-order valence-electron chi connectivity index (χ0n) is 11.1. The molecule has 0 saturated heterocycles. The van der Waals surface area contributed by atoms with E-state index in [0.29, 0.717) is 12.1 Å². The maximum atomic E-state index is 12.3. The van der Waals surface area contributed by atoms with E-state index in [-0.39, 0.29) is 5.91 Å². The molecule has 100 valence electrons. The van der Waals surface area contributed by atoms with E-state index in [1.165, 1.54) is 4.88 Å². The van der Waals surface area contributed by atoms with Gasteiger partial charge >= 0.3 is 0 Å². The average molecular weight is 275 g/mol.